The summed E-state index contributed by atoms with van der Waals surface area (Å²) in [6.45, 7) is 9.03. The van der Waals surface area contributed by atoms with Crippen LogP contribution in [0.25, 0.3) is 0 Å². The topological polar surface area (TPSA) is 43.8 Å². The first-order valence-electron chi connectivity index (χ1n) is 8.18. The van der Waals surface area contributed by atoms with E-state index in [2.05, 4.69) is 32.8 Å². The molecule has 120 valence electrons. The number of aryl methyl sites for hydroxylation is 2. The fraction of sp³-hybridized carbons (Fsp3) is 0.824. The molecule has 0 spiro atoms. The van der Waals surface area contributed by atoms with Gasteiger partial charge in [0.15, 0.2) is 0 Å². The SMILES string of the molecule is CCc1nn(C)c(CC2(N)CCCCC2C(C)(C)C)c1Cl. The van der Waals surface area contributed by atoms with Crippen molar-refractivity contribution in [3.8, 4) is 0 Å². The van der Waals surface area contributed by atoms with Gasteiger partial charge in [-0.25, -0.2) is 0 Å². The number of hydrogen-bond donors (Lipinski definition) is 1. The maximum atomic E-state index is 6.91. The van der Waals surface area contributed by atoms with Crippen LogP contribution in [0, 0.1) is 11.3 Å². The van der Waals surface area contributed by atoms with Crippen LogP contribution in [0.3, 0.4) is 0 Å². The smallest absolute Gasteiger partial charge is 0.0850 e. The highest BCUT2D eigenvalue weighted by Gasteiger charge is 2.44. The van der Waals surface area contributed by atoms with E-state index in [0.29, 0.717) is 5.92 Å². The fourth-order valence-electron chi connectivity index (χ4n) is 4.09. The largest absolute Gasteiger partial charge is 0.324 e. The molecule has 2 rings (SSSR count). The lowest BCUT2D eigenvalue weighted by Crippen LogP contribution is -2.55. The molecule has 0 saturated heterocycles. The molecule has 2 atom stereocenters. The van der Waals surface area contributed by atoms with E-state index in [1.54, 1.807) is 0 Å². The lowest BCUT2D eigenvalue weighted by molar-refractivity contribution is 0.0780. The highest BCUT2D eigenvalue weighted by molar-refractivity contribution is 6.31. The van der Waals surface area contributed by atoms with Crippen molar-refractivity contribution in [3.05, 3.63) is 16.4 Å². The van der Waals surface area contributed by atoms with E-state index in [1.165, 1.54) is 19.3 Å². The summed E-state index contributed by atoms with van der Waals surface area (Å²) in [5.41, 5.74) is 9.06. The highest BCUT2D eigenvalue weighted by atomic mass is 35.5. The summed E-state index contributed by atoms with van der Waals surface area (Å²) >= 11 is 6.53. The molecule has 21 heavy (non-hydrogen) atoms. The van der Waals surface area contributed by atoms with Crippen LogP contribution in [0.2, 0.25) is 5.02 Å². The Balaban J connectivity index is 2.33. The molecule has 1 fully saturated rings. The predicted octanol–water partition coefficient (Wildman–Crippen LogP) is 4.11. The lowest BCUT2D eigenvalue weighted by atomic mass is 9.61. The molecule has 0 bridgehead atoms. The molecule has 1 aromatic heterocycles. The zero-order valence-electron chi connectivity index (χ0n) is 14.2. The first kappa shape index (κ1) is 16.8. The average molecular weight is 312 g/mol. The Morgan fingerprint density at radius 2 is 2.05 bits per heavy atom. The Morgan fingerprint density at radius 3 is 2.57 bits per heavy atom. The van der Waals surface area contributed by atoms with Crippen molar-refractivity contribution in [2.75, 3.05) is 0 Å². The standard InChI is InChI=1S/C17H30ClN3/c1-6-12-15(18)13(21(5)20-12)11-17(19)10-8-7-9-14(17)16(2,3)4/h14H,6-11,19H2,1-5H3. The van der Waals surface area contributed by atoms with Gasteiger partial charge >= 0.3 is 0 Å². The van der Waals surface area contributed by atoms with Gasteiger partial charge in [0.05, 0.1) is 16.4 Å². The molecule has 0 radical (unpaired) electrons. The lowest BCUT2D eigenvalue weighted by Gasteiger charge is -2.48. The maximum absolute atomic E-state index is 6.91. The van der Waals surface area contributed by atoms with Gasteiger partial charge in [0.25, 0.3) is 0 Å². The minimum absolute atomic E-state index is 0.168. The van der Waals surface area contributed by atoms with Gasteiger partial charge in [-0.05, 0) is 30.6 Å². The second-order valence-corrected chi connectivity index (χ2v) is 8.14. The predicted molar refractivity (Wildman–Crippen MR) is 89.6 cm³/mol. The van der Waals surface area contributed by atoms with Gasteiger partial charge in [-0.2, -0.15) is 5.10 Å². The molecule has 3 nitrogen and oxygen atoms in total. The minimum Gasteiger partial charge on any atom is -0.324 e. The van der Waals surface area contributed by atoms with Crippen molar-refractivity contribution in [2.24, 2.45) is 24.1 Å². The highest BCUT2D eigenvalue weighted by Crippen LogP contribution is 2.45. The maximum Gasteiger partial charge on any atom is 0.0850 e. The van der Waals surface area contributed by atoms with Crippen molar-refractivity contribution in [3.63, 3.8) is 0 Å². The van der Waals surface area contributed by atoms with Crippen molar-refractivity contribution in [1.29, 1.82) is 0 Å². The zero-order chi connectivity index (χ0) is 15.8. The van der Waals surface area contributed by atoms with Crippen LogP contribution in [-0.2, 0) is 19.9 Å². The third-order valence-corrected chi connectivity index (χ3v) is 5.56. The summed E-state index contributed by atoms with van der Waals surface area (Å²) in [4.78, 5) is 0. The number of halogens is 1. The molecule has 1 aliphatic rings. The van der Waals surface area contributed by atoms with Crippen LogP contribution in [0.5, 0.6) is 0 Å². The molecular formula is C17H30ClN3. The molecule has 1 heterocycles. The molecule has 0 aromatic carbocycles. The monoisotopic (exact) mass is 311 g/mol. The van der Waals surface area contributed by atoms with E-state index in [-0.39, 0.29) is 11.0 Å². The Kier molecular flexibility index (Phi) is 4.75. The van der Waals surface area contributed by atoms with Crippen LogP contribution in [-0.4, -0.2) is 15.3 Å². The number of nitrogens with zero attached hydrogens (tertiary/aromatic N) is 2. The number of aromatic nitrogens is 2. The third kappa shape index (κ3) is 3.29. The fourth-order valence-corrected chi connectivity index (χ4v) is 4.46. The molecule has 1 aromatic rings. The average Bonchev–Trinajstić information content (AvgIpc) is 2.65. The summed E-state index contributed by atoms with van der Waals surface area (Å²) in [7, 11) is 1.98. The van der Waals surface area contributed by atoms with E-state index in [4.69, 9.17) is 17.3 Å². The van der Waals surface area contributed by atoms with Crippen LogP contribution < -0.4 is 5.73 Å². The number of hydrogen-bond acceptors (Lipinski definition) is 2. The molecule has 0 aliphatic heterocycles. The van der Waals surface area contributed by atoms with Gasteiger partial charge in [-0.15, -0.1) is 0 Å². The Hall–Kier alpha value is -0.540. The number of nitrogens with two attached hydrogens (primary N) is 1. The first-order valence-corrected chi connectivity index (χ1v) is 8.56. The second kappa shape index (κ2) is 5.92. The summed E-state index contributed by atoms with van der Waals surface area (Å²) in [5, 5.41) is 5.36. The van der Waals surface area contributed by atoms with E-state index in [9.17, 15) is 0 Å². The van der Waals surface area contributed by atoms with Gasteiger partial charge in [0.1, 0.15) is 0 Å². The second-order valence-electron chi connectivity index (χ2n) is 7.76. The normalized spacial score (nSPS) is 27.1. The van der Waals surface area contributed by atoms with E-state index >= 15 is 0 Å². The Bertz CT molecular complexity index is 501. The molecular weight excluding hydrogens is 282 g/mol. The Labute approximate surface area is 134 Å². The van der Waals surface area contributed by atoms with Crippen LogP contribution in [0.15, 0.2) is 0 Å². The molecule has 0 amide bonds. The third-order valence-electron chi connectivity index (χ3n) is 5.12. The Morgan fingerprint density at radius 1 is 1.38 bits per heavy atom. The van der Waals surface area contributed by atoms with Gasteiger partial charge in [0.2, 0.25) is 0 Å². The summed E-state index contributed by atoms with van der Waals surface area (Å²) in [6, 6.07) is 0. The summed E-state index contributed by atoms with van der Waals surface area (Å²) in [6.07, 6.45) is 6.51. The zero-order valence-corrected chi connectivity index (χ0v) is 14.9. The van der Waals surface area contributed by atoms with Crippen molar-refractivity contribution in [2.45, 2.75) is 71.8 Å². The van der Waals surface area contributed by atoms with Gasteiger partial charge < -0.3 is 5.73 Å². The first-order chi connectivity index (χ1) is 9.69. The summed E-state index contributed by atoms with van der Waals surface area (Å²) in [5.74, 6) is 0.523. The van der Waals surface area contributed by atoms with Crippen molar-refractivity contribution >= 4 is 11.6 Å². The molecule has 1 aliphatic carbocycles. The van der Waals surface area contributed by atoms with E-state index in [1.807, 2.05) is 11.7 Å². The van der Waals surface area contributed by atoms with Gasteiger partial charge in [-0.3, -0.25) is 4.68 Å². The minimum atomic E-state index is -0.168. The summed E-state index contributed by atoms with van der Waals surface area (Å²) < 4.78 is 1.93. The van der Waals surface area contributed by atoms with E-state index < -0.39 is 0 Å². The van der Waals surface area contributed by atoms with Crippen molar-refractivity contribution < 1.29 is 0 Å². The molecule has 2 N–H and O–H groups in total. The van der Waals surface area contributed by atoms with Crippen molar-refractivity contribution in [1.82, 2.24) is 9.78 Å². The quantitative estimate of drug-likeness (QED) is 0.912. The number of rotatable bonds is 3. The van der Waals surface area contributed by atoms with E-state index in [0.717, 1.165) is 35.7 Å². The van der Waals surface area contributed by atoms with Gasteiger partial charge in [0, 0.05) is 19.0 Å². The van der Waals surface area contributed by atoms with Crippen LogP contribution in [0.4, 0.5) is 0 Å². The van der Waals surface area contributed by atoms with Crippen LogP contribution in [0.1, 0.15) is 64.8 Å². The van der Waals surface area contributed by atoms with Gasteiger partial charge in [-0.1, -0.05) is 52.1 Å². The molecule has 2 unspecified atom stereocenters. The van der Waals surface area contributed by atoms with Crippen LogP contribution >= 0.6 is 11.6 Å². The molecule has 4 heteroatoms. The molecule has 1 saturated carbocycles.